The van der Waals surface area contributed by atoms with E-state index < -0.39 is 6.04 Å². The van der Waals surface area contributed by atoms with E-state index in [0.29, 0.717) is 56.8 Å². The zero-order valence-electron chi connectivity index (χ0n) is 25.7. The summed E-state index contributed by atoms with van der Waals surface area (Å²) in [5.41, 5.74) is 13.9. The van der Waals surface area contributed by atoms with E-state index in [-0.39, 0.29) is 29.7 Å². The van der Waals surface area contributed by atoms with E-state index in [9.17, 15) is 9.59 Å². The summed E-state index contributed by atoms with van der Waals surface area (Å²) in [4.78, 5) is 33.5. The van der Waals surface area contributed by atoms with Crippen molar-refractivity contribution in [2.75, 3.05) is 33.3 Å². The van der Waals surface area contributed by atoms with Gasteiger partial charge in [0, 0.05) is 43.5 Å². The van der Waals surface area contributed by atoms with E-state index in [2.05, 4.69) is 39.9 Å². The monoisotopic (exact) mass is 606 g/mol. The fraction of sp³-hybridized carbons (Fsp3) is 0.306. The SMILES string of the molecule is COc1c(C(=O)NC[C@@H]2CCN(CC(c3ccccc3)c3ccccc3)C(=O)[C@H](CCCN=C(N)N)N2)ccc2ccccc12. The Bertz CT molecular complexity index is 1570. The average Bonchev–Trinajstić information content (AvgIpc) is 3.22. The number of nitrogens with one attached hydrogen (secondary N) is 2. The number of nitrogens with two attached hydrogens (primary N) is 2. The molecule has 2 atom stereocenters. The van der Waals surface area contributed by atoms with Crippen molar-refractivity contribution in [3.05, 3.63) is 114 Å². The number of benzene rings is 4. The van der Waals surface area contributed by atoms with Crippen LogP contribution in [0.1, 0.15) is 46.7 Å². The zero-order valence-corrected chi connectivity index (χ0v) is 25.7. The first kappa shape index (κ1) is 31.5. The molecular formula is C36H42N6O3. The van der Waals surface area contributed by atoms with Crippen molar-refractivity contribution in [2.45, 2.75) is 37.3 Å². The van der Waals surface area contributed by atoms with Crippen LogP contribution in [-0.2, 0) is 4.79 Å². The van der Waals surface area contributed by atoms with Crippen molar-refractivity contribution >= 4 is 28.5 Å². The van der Waals surface area contributed by atoms with Gasteiger partial charge in [0.15, 0.2) is 5.96 Å². The van der Waals surface area contributed by atoms with Crippen molar-refractivity contribution in [3.63, 3.8) is 0 Å². The average molecular weight is 607 g/mol. The van der Waals surface area contributed by atoms with Gasteiger partial charge in [0.25, 0.3) is 5.91 Å². The zero-order chi connectivity index (χ0) is 31.6. The van der Waals surface area contributed by atoms with Crippen LogP contribution >= 0.6 is 0 Å². The van der Waals surface area contributed by atoms with Gasteiger partial charge in [-0.25, -0.2) is 0 Å². The van der Waals surface area contributed by atoms with Crippen LogP contribution in [0.4, 0.5) is 0 Å². The highest BCUT2D eigenvalue weighted by Gasteiger charge is 2.32. The molecule has 6 N–H and O–H groups in total. The molecule has 45 heavy (non-hydrogen) atoms. The molecule has 1 saturated heterocycles. The normalized spacial score (nSPS) is 16.8. The molecule has 1 fully saturated rings. The number of fused-ring (bicyclic) bond motifs is 1. The maximum Gasteiger partial charge on any atom is 0.255 e. The van der Waals surface area contributed by atoms with Gasteiger partial charge >= 0.3 is 0 Å². The Labute approximate surface area is 264 Å². The van der Waals surface area contributed by atoms with Gasteiger partial charge < -0.3 is 31.7 Å². The van der Waals surface area contributed by atoms with Crippen LogP contribution in [0.25, 0.3) is 10.8 Å². The minimum atomic E-state index is -0.439. The van der Waals surface area contributed by atoms with Gasteiger partial charge in [-0.15, -0.1) is 0 Å². The van der Waals surface area contributed by atoms with Crippen LogP contribution in [0, 0.1) is 0 Å². The molecule has 4 aromatic rings. The Hall–Kier alpha value is -4.89. The first-order valence-corrected chi connectivity index (χ1v) is 15.5. The number of guanidine groups is 1. The second kappa shape index (κ2) is 15.2. The van der Waals surface area contributed by atoms with Gasteiger partial charge in [0.2, 0.25) is 5.91 Å². The molecule has 0 aliphatic carbocycles. The predicted molar refractivity (Wildman–Crippen MR) is 179 cm³/mol. The maximum absolute atomic E-state index is 14.1. The highest BCUT2D eigenvalue weighted by Crippen LogP contribution is 2.30. The molecule has 5 rings (SSSR count). The van der Waals surface area contributed by atoms with Crippen LogP contribution in [-0.4, -0.2) is 68.0 Å². The Morgan fingerprint density at radius 3 is 2.31 bits per heavy atom. The Morgan fingerprint density at radius 1 is 0.978 bits per heavy atom. The number of rotatable bonds is 12. The summed E-state index contributed by atoms with van der Waals surface area (Å²) >= 11 is 0. The molecule has 0 spiro atoms. The number of amides is 2. The summed E-state index contributed by atoms with van der Waals surface area (Å²) in [5.74, 6) is 0.433. The molecule has 0 unspecified atom stereocenters. The Kier molecular flexibility index (Phi) is 10.7. The molecule has 4 aromatic carbocycles. The van der Waals surface area contributed by atoms with Crippen molar-refractivity contribution < 1.29 is 14.3 Å². The van der Waals surface area contributed by atoms with Crippen molar-refractivity contribution in [3.8, 4) is 5.75 Å². The van der Waals surface area contributed by atoms with E-state index in [1.54, 1.807) is 13.2 Å². The lowest BCUT2D eigenvalue weighted by Crippen LogP contribution is -2.49. The molecule has 0 radical (unpaired) electrons. The van der Waals surface area contributed by atoms with E-state index in [0.717, 1.165) is 21.9 Å². The first-order chi connectivity index (χ1) is 21.9. The van der Waals surface area contributed by atoms with Crippen LogP contribution < -0.4 is 26.8 Å². The van der Waals surface area contributed by atoms with Crippen molar-refractivity contribution in [1.82, 2.24) is 15.5 Å². The number of aliphatic imine (C=N–C) groups is 1. The topological polar surface area (TPSA) is 135 Å². The van der Waals surface area contributed by atoms with E-state index in [1.165, 1.54) is 0 Å². The first-order valence-electron chi connectivity index (χ1n) is 15.5. The molecule has 2 amide bonds. The molecule has 234 valence electrons. The number of carbonyl (C=O) groups is 2. The van der Waals surface area contributed by atoms with E-state index in [1.807, 2.05) is 71.6 Å². The Morgan fingerprint density at radius 2 is 1.64 bits per heavy atom. The van der Waals surface area contributed by atoms with E-state index >= 15 is 0 Å². The van der Waals surface area contributed by atoms with E-state index in [4.69, 9.17) is 16.2 Å². The lowest BCUT2D eigenvalue weighted by Gasteiger charge is -2.29. The van der Waals surface area contributed by atoms with Crippen LogP contribution in [0.3, 0.4) is 0 Å². The summed E-state index contributed by atoms with van der Waals surface area (Å²) in [6.07, 6.45) is 1.89. The van der Waals surface area contributed by atoms with Gasteiger partial charge in [-0.2, -0.15) is 0 Å². The minimum absolute atomic E-state index is 0.0234. The molecule has 9 nitrogen and oxygen atoms in total. The second-order valence-corrected chi connectivity index (χ2v) is 11.4. The summed E-state index contributed by atoms with van der Waals surface area (Å²) in [6, 6.07) is 31.6. The van der Waals surface area contributed by atoms with Crippen LogP contribution in [0.2, 0.25) is 0 Å². The van der Waals surface area contributed by atoms with Gasteiger partial charge in [0.05, 0.1) is 18.7 Å². The lowest BCUT2D eigenvalue weighted by molar-refractivity contribution is -0.133. The smallest absolute Gasteiger partial charge is 0.255 e. The second-order valence-electron chi connectivity index (χ2n) is 11.4. The highest BCUT2D eigenvalue weighted by atomic mass is 16.5. The molecule has 1 aliphatic heterocycles. The molecule has 0 saturated carbocycles. The van der Waals surface area contributed by atoms with Crippen molar-refractivity contribution in [2.24, 2.45) is 16.5 Å². The number of carbonyl (C=O) groups excluding carboxylic acids is 2. The van der Waals surface area contributed by atoms with Gasteiger partial charge in [0.1, 0.15) is 5.75 Å². The fourth-order valence-electron chi connectivity index (χ4n) is 6.08. The third-order valence-corrected chi connectivity index (χ3v) is 8.38. The number of hydrogen-bond donors (Lipinski definition) is 4. The molecule has 1 aliphatic rings. The van der Waals surface area contributed by atoms with Crippen LogP contribution in [0.15, 0.2) is 102 Å². The summed E-state index contributed by atoms with van der Waals surface area (Å²) in [7, 11) is 1.58. The van der Waals surface area contributed by atoms with Gasteiger partial charge in [-0.05, 0) is 41.8 Å². The quantitative estimate of drug-likeness (QED) is 0.109. The van der Waals surface area contributed by atoms with Gasteiger partial charge in [-0.1, -0.05) is 91.0 Å². The molecule has 1 heterocycles. The molecule has 0 bridgehead atoms. The highest BCUT2D eigenvalue weighted by molar-refractivity contribution is 6.03. The number of ether oxygens (including phenoxy) is 1. The largest absolute Gasteiger partial charge is 0.495 e. The molecule has 9 heteroatoms. The third kappa shape index (κ3) is 7.99. The molecular weight excluding hydrogens is 564 g/mol. The predicted octanol–water partition coefficient (Wildman–Crippen LogP) is 4.02. The number of hydrogen-bond acceptors (Lipinski definition) is 5. The molecule has 0 aromatic heterocycles. The Balaban J connectivity index is 1.33. The summed E-state index contributed by atoms with van der Waals surface area (Å²) in [5, 5.41) is 8.53. The summed E-state index contributed by atoms with van der Waals surface area (Å²) in [6.45, 7) is 1.91. The lowest BCUT2D eigenvalue weighted by atomic mass is 9.90. The standard InChI is InChI=1S/C36H42N6O3/c1-45-33-29-16-9-8-15-27(29)18-19-30(33)34(43)40-23-28-20-22-42(35(44)32(41-28)17-10-21-39-36(37)38)24-31(25-11-4-2-5-12-25)26-13-6-3-7-14-26/h2-9,11-16,18-19,28,31-32,41H,10,17,20-24H2,1H3,(H,40,43)(H4,37,38,39)/t28-,32-/m0/s1. The van der Waals surface area contributed by atoms with Crippen molar-refractivity contribution in [1.29, 1.82) is 0 Å². The van der Waals surface area contributed by atoms with Crippen LogP contribution in [0.5, 0.6) is 5.75 Å². The number of nitrogens with zero attached hydrogens (tertiary/aromatic N) is 2. The van der Waals surface area contributed by atoms with Gasteiger partial charge in [-0.3, -0.25) is 14.6 Å². The maximum atomic E-state index is 14.1. The summed E-state index contributed by atoms with van der Waals surface area (Å²) < 4.78 is 5.66. The fourth-order valence-corrected chi connectivity index (χ4v) is 6.08. The third-order valence-electron chi connectivity index (χ3n) is 8.38. The number of methoxy groups -OCH3 is 1. The minimum Gasteiger partial charge on any atom is -0.495 e.